The number of ether oxygens (including phenoxy) is 1. The van der Waals surface area contributed by atoms with Crippen molar-refractivity contribution < 1.29 is 17.9 Å². The minimum absolute atomic E-state index is 0.0549. The van der Waals surface area contributed by atoms with E-state index in [1.807, 2.05) is 18.2 Å². The van der Waals surface area contributed by atoms with Crippen molar-refractivity contribution >= 4 is 22.6 Å². The summed E-state index contributed by atoms with van der Waals surface area (Å²) in [6.07, 6.45) is -1.03. The van der Waals surface area contributed by atoms with Crippen LogP contribution in [-0.4, -0.2) is 27.1 Å². The minimum Gasteiger partial charge on any atom is -0.325 e. The van der Waals surface area contributed by atoms with E-state index in [2.05, 4.69) is 9.72 Å². The summed E-state index contributed by atoms with van der Waals surface area (Å²) in [7, 11) is 1.61. The first-order valence-electron chi connectivity index (χ1n) is 8.80. The quantitative estimate of drug-likeness (QED) is 0.622. The first kappa shape index (κ1) is 19.0. The Bertz CT molecular complexity index is 1070. The number of hydrogen-bond acceptors (Lipinski definition) is 3. The highest BCUT2D eigenvalue weighted by atomic mass is 35.5. The van der Waals surface area contributed by atoms with Gasteiger partial charge in [-0.15, -0.1) is 13.2 Å². The molecule has 0 atom stereocenters. The average Bonchev–Trinajstić information content (AvgIpc) is 3.40. The number of halogens is 4. The summed E-state index contributed by atoms with van der Waals surface area (Å²) in [5.41, 5.74) is 2.69. The second-order valence-corrected chi connectivity index (χ2v) is 7.29. The molecule has 2 aromatic heterocycles. The number of hydrogen-bond donors (Lipinski definition) is 0. The normalized spacial score (nSPS) is 14.8. The number of alkyl halides is 3. The number of pyridine rings is 1. The Balaban J connectivity index is 1.75. The SMILES string of the molecule is Cn1cc(-c2ccc3nc(C4CC4)n(CCOC(F)(F)F)c3c2)cc(Cl)c1=O. The molecule has 1 aromatic carbocycles. The standard InChI is InChI=1S/C19H17ClF3N3O2/c1-25-10-13(8-14(20)18(25)27)12-4-5-15-16(9-12)26(6-7-28-19(21,22)23)17(24-15)11-2-3-11/h4-5,8-11H,2-3,6-7H2,1H3. The zero-order valence-corrected chi connectivity index (χ0v) is 15.7. The maximum Gasteiger partial charge on any atom is 0.522 e. The maximum absolute atomic E-state index is 12.4. The minimum atomic E-state index is -4.66. The van der Waals surface area contributed by atoms with Crippen LogP contribution in [0.5, 0.6) is 0 Å². The summed E-state index contributed by atoms with van der Waals surface area (Å²) in [6.45, 7) is -0.427. The van der Waals surface area contributed by atoms with E-state index < -0.39 is 13.0 Å². The van der Waals surface area contributed by atoms with E-state index >= 15 is 0 Å². The number of rotatable bonds is 5. The third-order valence-corrected chi connectivity index (χ3v) is 5.04. The number of benzene rings is 1. The molecule has 0 unspecified atom stereocenters. The maximum atomic E-state index is 12.4. The summed E-state index contributed by atoms with van der Waals surface area (Å²) < 4.78 is 44.3. The first-order valence-corrected chi connectivity index (χ1v) is 9.18. The highest BCUT2D eigenvalue weighted by Gasteiger charge is 2.31. The van der Waals surface area contributed by atoms with Gasteiger partial charge in [0.15, 0.2) is 0 Å². The predicted octanol–water partition coefficient (Wildman–Crippen LogP) is 4.47. The largest absolute Gasteiger partial charge is 0.522 e. The van der Waals surface area contributed by atoms with Crippen molar-refractivity contribution in [2.24, 2.45) is 7.05 Å². The van der Waals surface area contributed by atoms with Gasteiger partial charge in [-0.1, -0.05) is 17.7 Å². The van der Waals surface area contributed by atoms with Crippen molar-refractivity contribution in [3.63, 3.8) is 0 Å². The van der Waals surface area contributed by atoms with Crippen LogP contribution < -0.4 is 5.56 Å². The summed E-state index contributed by atoms with van der Waals surface area (Å²) in [5, 5.41) is 0.103. The van der Waals surface area contributed by atoms with E-state index in [9.17, 15) is 18.0 Å². The molecule has 5 nitrogen and oxygen atoms in total. The number of imidazole rings is 1. The van der Waals surface area contributed by atoms with Crippen LogP contribution in [-0.2, 0) is 18.3 Å². The summed E-state index contributed by atoms with van der Waals surface area (Å²) in [4.78, 5) is 16.4. The summed E-state index contributed by atoms with van der Waals surface area (Å²) >= 11 is 6.01. The van der Waals surface area contributed by atoms with E-state index in [1.54, 1.807) is 23.9 Å². The molecular formula is C19H17ClF3N3O2. The van der Waals surface area contributed by atoms with Crippen LogP contribution >= 0.6 is 11.6 Å². The van der Waals surface area contributed by atoms with Crippen LogP contribution in [0.3, 0.4) is 0 Å². The summed E-state index contributed by atoms with van der Waals surface area (Å²) in [6, 6.07) is 7.13. The van der Waals surface area contributed by atoms with Gasteiger partial charge >= 0.3 is 6.36 Å². The molecule has 0 saturated heterocycles. The fourth-order valence-corrected chi connectivity index (χ4v) is 3.54. The van der Waals surface area contributed by atoms with Crippen LogP contribution in [0, 0.1) is 0 Å². The molecule has 2 heterocycles. The Hall–Kier alpha value is -2.32. The first-order chi connectivity index (χ1) is 13.2. The molecule has 1 aliphatic rings. The van der Waals surface area contributed by atoms with Crippen molar-refractivity contribution in [1.29, 1.82) is 0 Å². The predicted molar refractivity (Wildman–Crippen MR) is 99.4 cm³/mol. The monoisotopic (exact) mass is 411 g/mol. The highest BCUT2D eigenvalue weighted by molar-refractivity contribution is 6.30. The Morgan fingerprint density at radius 1 is 1.25 bits per heavy atom. The zero-order valence-electron chi connectivity index (χ0n) is 15.0. The van der Waals surface area contributed by atoms with Gasteiger partial charge in [-0.3, -0.25) is 9.53 Å². The van der Waals surface area contributed by atoms with Gasteiger partial charge < -0.3 is 9.13 Å². The fraction of sp³-hybridized carbons (Fsp3) is 0.368. The molecular weight excluding hydrogens is 395 g/mol. The van der Waals surface area contributed by atoms with Gasteiger partial charge in [0.25, 0.3) is 5.56 Å². The Labute approximate surface area is 163 Å². The number of nitrogens with zero attached hydrogens (tertiary/aromatic N) is 3. The molecule has 1 saturated carbocycles. The van der Waals surface area contributed by atoms with Crippen LogP contribution in [0.2, 0.25) is 5.02 Å². The van der Waals surface area contributed by atoms with Crippen LogP contribution in [0.25, 0.3) is 22.2 Å². The molecule has 0 aliphatic heterocycles. The van der Waals surface area contributed by atoms with Gasteiger partial charge in [0.2, 0.25) is 0 Å². The zero-order chi connectivity index (χ0) is 20.1. The molecule has 1 aliphatic carbocycles. The molecule has 0 radical (unpaired) electrons. The van der Waals surface area contributed by atoms with Crippen LogP contribution in [0.1, 0.15) is 24.6 Å². The highest BCUT2D eigenvalue weighted by Crippen LogP contribution is 2.41. The fourth-order valence-electron chi connectivity index (χ4n) is 3.29. The van der Waals surface area contributed by atoms with Crippen LogP contribution in [0.15, 0.2) is 35.3 Å². The molecule has 1 fully saturated rings. The molecule has 3 aromatic rings. The van der Waals surface area contributed by atoms with Gasteiger partial charge in [-0.25, -0.2) is 4.98 Å². The Morgan fingerprint density at radius 3 is 2.64 bits per heavy atom. The number of fused-ring (bicyclic) bond motifs is 1. The lowest BCUT2D eigenvalue weighted by Crippen LogP contribution is -2.18. The van der Waals surface area contributed by atoms with Crippen molar-refractivity contribution in [3.8, 4) is 11.1 Å². The lowest BCUT2D eigenvalue weighted by molar-refractivity contribution is -0.325. The molecule has 9 heteroatoms. The van der Waals surface area contributed by atoms with Gasteiger partial charge in [0, 0.05) is 25.7 Å². The van der Waals surface area contributed by atoms with Crippen molar-refractivity contribution in [2.75, 3.05) is 6.61 Å². The third-order valence-electron chi connectivity index (χ3n) is 4.77. The van der Waals surface area contributed by atoms with E-state index in [1.165, 1.54) is 4.57 Å². The van der Waals surface area contributed by atoms with E-state index in [-0.39, 0.29) is 23.0 Å². The Kier molecular flexibility index (Phi) is 4.71. The molecule has 148 valence electrons. The van der Waals surface area contributed by atoms with Gasteiger partial charge in [-0.05, 0) is 42.2 Å². The topological polar surface area (TPSA) is 49.0 Å². The molecule has 0 N–H and O–H groups in total. The Morgan fingerprint density at radius 2 is 2.00 bits per heavy atom. The van der Waals surface area contributed by atoms with Crippen LogP contribution in [0.4, 0.5) is 13.2 Å². The molecule has 0 bridgehead atoms. The number of aromatic nitrogens is 3. The lowest BCUT2D eigenvalue weighted by atomic mass is 10.1. The van der Waals surface area contributed by atoms with Crippen molar-refractivity contribution in [1.82, 2.24) is 14.1 Å². The van der Waals surface area contributed by atoms with Crippen molar-refractivity contribution in [2.45, 2.75) is 31.7 Å². The smallest absolute Gasteiger partial charge is 0.325 e. The second kappa shape index (κ2) is 6.93. The van der Waals surface area contributed by atoms with E-state index in [4.69, 9.17) is 11.6 Å². The van der Waals surface area contributed by atoms with E-state index in [0.717, 1.165) is 35.3 Å². The van der Waals surface area contributed by atoms with Gasteiger partial charge in [0.05, 0.1) is 17.6 Å². The molecule has 28 heavy (non-hydrogen) atoms. The van der Waals surface area contributed by atoms with Crippen molar-refractivity contribution in [3.05, 3.63) is 51.7 Å². The average molecular weight is 412 g/mol. The third kappa shape index (κ3) is 3.79. The van der Waals surface area contributed by atoms with Gasteiger partial charge in [0.1, 0.15) is 10.8 Å². The van der Waals surface area contributed by atoms with Gasteiger partial charge in [-0.2, -0.15) is 0 Å². The molecule has 4 rings (SSSR count). The summed E-state index contributed by atoms with van der Waals surface area (Å²) in [5.74, 6) is 1.06. The number of aryl methyl sites for hydroxylation is 1. The molecule has 0 spiro atoms. The van der Waals surface area contributed by atoms with E-state index in [0.29, 0.717) is 5.52 Å². The molecule has 0 amide bonds. The lowest BCUT2D eigenvalue weighted by Gasteiger charge is -2.12. The second-order valence-electron chi connectivity index (χ2n) is 6.89.